The quantitative estimate of drug-likeness (QED) is 0.415. The Labute approximate surface area is 145 Å². The highest BCUT2D eigenvalue weighted by molar-refractivity contribution is 7.98. The van der Waals surface area contributed by atoms with Gasteiger partial charge >= 0.3 is 0 Å². The first-order chi connectivity index (χ1) is 11.1. The van der Waals surface area contributed by atoms with Gasteiger partial charge in [-0.05, 0) is 42.8 Å². The molecule has 1 heterocycles. The first kappa shape index (κ1) is 17.6. The monoisotopic (exact) mass is 351 g/mol. The number of benzene rings is 1. The number of nitrogens with one attached hydrogen (secondary N) is 3. The molecule has 0 fully saturated rings. The van der Waals surface area contributed by atoms with E-state index < -0.39 is 0 Å². The van der Waals surface area contributed by atoms with E-state index in [9.17, 15) is 4.79 Å². The van der Waals surface area contributed by atoms with Crippen LogP contribution in [0.15, 0.2) is 24.3 Å². The Hall–Kier alpha value is -1.80. The maximum absolute atomic E-state index is 12.0. The summed E-state index contributed by atoms with van der Waals surface area (Å²) in [6.07, 6.45) is 3.28. The van der Waals surface area contributed by atoms with Crippen molar-refractivity contribution in [2.24, 2.45) is 7.05 Å². The van der Waals surface area contributed by atoms with Gasteiger partial charge in [0.2, 0.25) is 5.91 Å². The van der Waals surface area contributed by atoms with E-state index in [4.69, 9.17) is 12.2 Å². The van der Waals surface area contributed by atoms with Crippen molar-refractivity contribution in [1.82, 2.24) is 25.7 Å². The van der Waals surface area contributed by atoms with Crippen LogP contribution in [-0.4, -0.2) is 39.1 Å². The molecule has 124 valence electrons. The van der Waals surface area contributed by atoms with Crippen LogP contribution in [0.1, 0.15) is 12.2 Å². The number of nitrogens with zero attached hydrogens (tertiary/aromatic N) is 2. The average Bonchev–Trinajstić information content (AvgIpc) is 2.86. The van der Waals surface area contributed by atoms with E-state index in [1.807, 2.05) is 35.9 Å². The second kappa shape index (κ2) is 8.73. The fourth-order valence-electron chi connectivity index (χ4n) is 2.13. The zero-order chi connectivity index (χ0) is 16.7. The van der Waals surface area contributed by atoms with Crippen molar-refractivity contribution in [2.75, 3.05) is 18.6 Å². The minimum absolute atomic E-state index is 0.184. The molecule has 0 radical (unpaired) electrons. The van der Waals surface area contributed by atoms with Gasteiger partial charge in [-0.3, -0.25) is 15.6 Å². The van der Waals surface area contributed by atoms with Gasteiger partial charge in [0.25, 0.3) is 0 Å². The Balaban J connectivity index is 1.80. The Morgan fingerprint density at radius 2 is 2.13 bits per heavy atom. The van der Waals surface area contributed by atoms with Crippen molar-refractivity contribution in [3.05, 3.63) is 30.1 Å². The lowest BCUT2D eigenvalue weighted by molar-refractivity contribution is -0.121. The van der Waals surface area contributed by atoms with Crippen LogP contribution >= 0.6 is 24.0 Å². The summed E-state index contributed by atoms with van der Waals surface area (Å²) < 4.78 is 1.92. The molecule has 0 spiro atoms. The zero-order valence-corrected chi connectivity index (χ0v) is 14.9. The lowest BCUT2D eigenvalue weighted by Gasteiger charge is -2.11. The van der Waals surface area contributed by atoms with Gasteiger partial charge in [-0.1, -0.05) is 12.1 Å². The van der Waals surface area contributed by atoms with Crippen molar-refractivity contribution in [2.45, 2.75) is 12.8 Å². The number of carbonyl (C=O) groups excluding carboxylic acids is 1. The number of para-hydroxylation sites is 2. The molecular weight excluding hydrogens is 330 g/mol. The number of aryl methyl sites for hydroxylation is 1. The van der Waals surface area contributed by atoms with Crippen LogP contribution in [0.2, 0.25) is 0 Å². The van der Waals surface area contributed by atoms with Crippen LogP contribution in [0.4, 0.5) is 0 Å². The number of hydrogen-bond donors (Lipinski definition) is 3. The SMILES string of the molecule is CSCCCNC(=S)NNC(=O)Cc1nc2ccccc2n1C. The number of imidazole rings is 1. The summed E-state index contributed by atoms with van der Waals surface area (Å²) in [7, 11) is 1.91. The highest BCUT2D eigenvalue weighted by Gasteiger charge is 2.11. The lowest BCUT2D eigenvalue weighted by atomic mass is 10.3. The third kappa shape index (κ3) is 5.11. The number of rotatable bonds is 6. The second-order valence-corrected chi connectivity index (χ2v) is 6.42. The van der Waals surface area contributed by atoms with Crippen LogP contribution in [0.3, 0.4) is 0 Å². The number of fused-ring (bicyclic) bond motifs is 1. The van der Waals surface area contributed by atoms with E-state index in [-0.39, 0.29) is 12.3 Å². The standard InChI is InChI=1S/C15H21N5OS2/c1-20-12-7-4-3-6-11(12)17-13(20)10-14(21)18-19-15(22)16-8-5-9-23-2/h3-4,6-7H,5,8-10H2,1-2H3,(H,18,21)(H2,16,19,22). The topological polar surface area (TPSA) is 71.0 Å². The molecule has 1 aromatic heterocycles. The highest BCUT2D eigenvalue weighted by atomic mass is 32.2. The van der Waals surface area contributed by atoms with E-state index in [0.29, 0.717) is 10.9 Å². The number of carbonyl (C=O) groups is 1. The molecule has 8 heteroatoms. The fourth-order valence-corrected chi connectivity index (χ4v) is 2.72. The molecular formula is C15H21N5OS2. The molecule has 0 saturated carbocycles. The molecule has 2 rings (SSSR count). The summed E-state index contributed by atoms with van der Waals surface area (Å²) in [6, 6.07) is 7.80. The summed E-state index contributed by atoms with van der Waals surface area (Å²) >= 11 is 6.89. The Bertz CT molecular complexity index is 686. The normalized spacial score (nSPS) is 10.5. The molecule has 1 amide bonds. The summed E-state index contributed by atoms with van der Waals surface area (Å²) in [5.41, 5.74) is 7.20. The Kier molecular flexibility index (Phi) is 6.66. The predicted octanol–water partition coefficient (Wildman–Crippen LogP) is 1.36. The molecule has 6 nitrogen and oxygen atoms in total. The number of amides is 1. The number of hydrogen-bond acceptors (Lipinski definition) is 4. The molecule has 0 aliphatic rings. The highest BCUT2D eigenvalue weighted by Crippen LogP contribution is 2.14. The van der Waals surface area contributed by atoms with E-state index in [2.05, 4.69) is 27.4 Å². The number of thioether (sulfide) groups is 1. The minimum Gasteiger partial charge on any atom is -0.361 e. The van der Waals surface area contributed by atoms with Crippen LogP contribution < -0.4 is 16.2 Å². The van der Waals surface area contributed by atoms with Crippen LogP contribution in [0.5, 0.6) is 0 Å². The van der Waals surface area contributed by atoms with Crippen LogP contribution in [0.25, 0.3) is 11.0 Å². The third-order valence-electron chi connectivity index (χ3n) is 3.32. The number of thiocarbonyl (C=S) groups is 1. The average molecular weight is 352 g/mol. The fraction of sp³-hybridized carbons (Fsp3) is 0.400. The molecule has 0 aliphatic carbocycles. The summed E-state index contributed by atoms with van der Waals surface area (Å²) in [5, 5.41) is 3.46. The van der Waals surface area contributed by atoms with E-state index in [1.165, 1.54) is 0 Å². The van der Waals surface area contributed by atoms with Gasteiger partial charge in [0.1, 0.15) is 5.82 Å². The van der Waals surface area contributed by atoms with Gasteiger partial charge in [0, 0.05) is 13.6 Å². The molecule has 0 saturated heterocycles. The van der Waals surface area contributed by atoms with Crippen molar-refractivity contribution in [1.29, 1.82) is 0 Å². The predicted molar refractivity (Wildman–Crippen MR) is 99.3 cm³/mol. The molecule has 0 aliphatic heterocycles. The molecule has 0 unspecified atom stereocenters. The summed E-state index contributed by atoms with van der Waals surface area (Å²) in [6.45, 7) is 0.785. The molecule has 23 heavy (non-hydrogen) atoms. The van der Waals surface area contributed by atoms with Crippen molar-refractivity contribution >= 4 is 46.0 Å². The van der Waals surface area contributed by atoms with Gasteiger partial charge in [-0.15, -0.1) is 0 Å². The first-order valence-corrected chi connectivity index (χ1v) is 9.14. The molecule has 0 atom stereocenters. The van der Waals surface area contributed by atoms with Gasteiger partial charge in [-0.25, -0.2) is 4.98 Å². The zero-order valence-electron chi connectivity index (χ0n) is 13.3. The number of hydrazine groups is 1. The summed E-state index contributed by atoms with van der Waals surface area (Å²) in [4.78, 5) is 16.5. The van der Waals surface area contributed by atoms with E-state index in [0.717, 1.165) is 29.8 Å². The van der Waals surface area contributed by atoms with Gasteiger partial charge in [0.15, 0.2) is 5.11 Å². The lowest BCUT2D eigenvalue weighted by Crippen LogP contribution is -2.47. The molecule has 3 N–H and O–H groups in total. The van der Waals surface area contributed by atoms with Gasteiger partial charge in [-0.2, -0.15) is 11.8 Å². The third-order valence-corrected chi connectivity index (χ3v) is 4.27. The van der Waals surface area contributed by atoms with Gasteiger partial charge in [0.05, 0.1) is 17.5 Å². The Morgan fingerprint density at radius 1 is 1.35 bits per heavy atom. The van der Waals surface area contributed by atoms with E-state index >= 15 is 0 Å². The maximum Gasteiger partial charge on any atom is 0.245 e. The number of aromatic nitrogens is 2. The second-order valence-electron chi connectivity index (χ2n) is 5.03. The van der Waals surface area contributed by atoms with Crippen LogP contribution in [0, 0.1) is 0 Å². The smallest absolute Gasteiger partial charge is 0.245 e. The summed E-state index contributed by atoms with van der Waals surface area (Å²) in [5.74, 6) is 1.61. The van der Waals surface area contributed by atoms with Crippen molar-refractivity contribution in [3.8, 4) is 0 Å². The Morgan fingerprint density at radius 3 is 2.87 bits per heavy atom. The van der Waals surface area contributed by atoms with Gasteiger partial charge < -0.3 is 9.88 Å². The molecule has 1 aromatic carbocycles. The maximum atomic E-state index is 12.0. The largest absolute Gasteiger partial charge is 0.361 e. The minimum atomic E-state index is -0.184. The molecule has 2 aromatic rings. The molecule has 0 bridgehead atoms. The van der Waals surface area contributed by atoms with Crippen LogP contribution in [-0.2, 0) is 18.3 Å². The van der Waals surface area contributed by atoms with E-state index in [1.54, 1.807) is 11.8 Å². The van der Waals surface area contributed by atoms with Crippen molar-refractivity contribution in [3.63, 3.8) is 0 Å². The first-order valence-electron chi connectivity index (χ1n) is 7.33. The van der Waals surface area contributed by atoms with Crippen molar-refractivity contribution < 1.29 is 4.79 Å².